The molecule has 1 aliphatic heterocycles. The van der Waals surface area contributed by atoms with Gasteiger partial charge in [0.1, 0.15) is 5.82 Å². The van der Waals surface area contributed by atoms with Crippen LogP contribution in [0.25, 0.3) is 72.1 Å². The first-order valence-corrected chi connectivity index (χ1v) is 22.3. The van der Waals surface area contributed by atoms with Crippen LogP contribution < -0.4 is 10.1 Å². The van der Waals surface area contributed by atoms with E-state index in [4.69, 9.17) is 14.0 Å². The zero-order valence-electron chi connectivity index (χ0n) is 38.7. The SMILES string of the molecule is [2H]C([2H])([2H])N1ON(c2cccc(C3(c4ccc5c6ccccc6n(-c6cc(-c7c(-c8ccccc8)cccc7-c7ccccc7)ccn6)c5c4)c4ccccc4-c4ccccc43)c2)c2ccccc21. The maximum Gasteiger partial charge on any atom is 0.138 e. The maximum atomic E-state index is 8.33. The Morgan fingerprint density at radius 1 is 0.455 bits per heavy atom. The maximum absolute atomic E-state index is 8.33. The first-order valence-electron chi connectivity index (χ1n) is 23.8. The Morgan fingerprint density at radius 2 is 1.05 bits per heavy atom. The smallest absolute Gasteiger partial charge is 0.138 e. The van der Waals surface area contributed by atoms with Crippen LogP contribution >= 0.6 is 0 Å². The molecule has 0 saturated heterocycles. The molecular formula is C61H42N4O. The Balaban J connectivity index is 1.05. The van der Waals surface area contributed by atoms with Gasteiger partial charge >= 0.3 is 0 Å². The number of pyridine rings is 1. The summed E-state index contributed by atoms with van der Waals surface area (Å²) in [7, 11) is 0. The quantitative estimate of drug-likeness (QED) is 0.160. The van der Waals surface area contributed by atoms with Gasteiger partial charge in [-0.1, -0.05) is 182 Å². The Bertz CT molecular complexity index is 3690. The molecule has 5 heteroatoms. The normalized spacial score (nSPS) is 14.4. The third-order valence-corrected chi connectivity index (χ3v) is 13.6. The van der Waals surface area contributed by atoms with Gasteiger partial charge in [0.25, 0.3) is 0 Å². The molecule has 13 rings (SSSR count). The Morgan fingerprint density at radius 3 is 1.77 bits per heavy atom. The molecule has 2 aromatic heterocycles. The molecule has 0 spiro atoms. The number of hydroxylamine groups is 1. The predicted molar refractivity (Wildman–Crippen MR) is 270 cm³/mol. The van der Waals surface area contributed by atoms with E-state index in [0.717, 1.165) is 99.4 Å². The molecule has 0 bridgehead atoms. The van der Waals surface area contributed by atoms with Crippen molar-refractivity contribution in [2.24, 2.45) is 0 Å². The van der Waals surface area contributed by atoms with Crippen molar-refractivity contribution in [2.75, 3.05) is 17.1 Å². The summed E-state index contributed by atoms with van der Waals surface area (Å²) in [6.45, 7) is -2.52. The fourth-order valence-corrected chi connectivity index (χ4v) is 10.8. The summed E-state index contributed by atoms with van der Waals surface area (Å²) < 4.78 is 27.3. The van der Waals surface area contributed by atoms with E-state index in [9.17, 15) is 0 Å². The second-order valence-electron chi connectivity index (χ2n) is 17.0. The number of para-hydroxylation sites is 3. The van der Waals surface area contributed by atoms with Gasteiger partial charge in [-0.15, -0.1) is 4.94 Å². The largest absolute Gasteiger partial charge is 0.294 e. The van der Waals surface area contributed by atoms with Crippen LogP contribution in [-0.4, -0.2) is 16.5 Å². The van der Waals surface area contributed by atoms with E-state index in [-0.39, 0.29) is 0 Å². The van der Waals surface area contributed by atoms with Crippen LogP contribution in [0.15, 0.2) is 237 Å². The number of rotatable bonds is 7. The monoisotopic (exact) mass is 849 g/mol. The van der Waals surface area contributed by atoms with Gasteiger partial charge in [0.15, 0.2) is 0 Å². The van der Waals surface area contributed by atoms with Gasteiger partial charge in [-0.3, -0.25) is 4.57 Å². The number of nitrogens with zero attached hydrogens (tertiary/aromatic N) is 4. The molecule has 11 aromatic rings. The fourth-order valence-electron chi connectivity index (χ4n) is 10.8. The molecule has 66 heavy (non-hydrogen) atoms. The van der Waals surface area contributed by atoms with Crippen LogP contribution in [0.3, 0.4) is 0 Å². The van der Waals surface area contributed by atoms with Crippen LogP contribution in [0.2, 0.25) is 0 Å². The highest BCUT2D eigenvalue weighted by molar-refractivity contribution is 6.10. The molecule has 0 atom stereocenters. The number of anilines is 3. The van der Waals surface area contributed by atoms with Crippen molar-refractivity contribution in [2.45, 2.75) is 5.41 Å². The van der Waals surface area contributed by atoms with Crippen molar-refractivity contribution in [1.82, 2.24) is 9.55 Å². The zero-order valence-corrected chi connectivity index (χ0v) is 35.7. The van der Waals surface area contributed by atoms with Crippen molar-refractivity contribution in [3.63, 3.8) is 0 Å². The lowest BCUT2D eigenvalue weighted by Gasteiger charge is -2.34. The molecule has 312 valence electrons. The minimum atomic E-state index is -2.52. The highest BCUT2D eigenvalue weighted by Gasteiger charge is 2.46. The third kappa shape index (κ3) is 5.67. The van der Waals surface area contributed by atoms with Crippen LogP contribution in [0.4, 0.5) is 17.1 Å². The van der Waals surface area contributed by atoms with Gasteiger partial charge in [-0.05, 0) is 115 Å². The van der Waals surface area contributed by atoms with E-state index in [1.165, 1.54) is 0 Å². The first kappa shape index (κ1) is 34.9. The van der Waals surface area contributed by atoms with Gasteiger partial charge in [0.05, 0.1) is 33.5 Å². The lowest BCUT2D eigenvalue weighted by atomic mass is 9.67. The van der Waals surface area contributed by atoms with Crippen molar-refractivity contribution in [1.29, 1.82) is 0 Å². The number of benzene rings is 9. The zero-order chi connectivity index (χ0) is 46.3. The second kappa shape index (κ2) is 15.1. The van der Waals surface area contributed by atoms with Gasteiger partial charge in [0, 0.05) is 28.1 Å². The standard InChI is InChI=1S/C61H42N4O/c1-63-56-32-14-15-33-57(56)65(66-63)46-23-16-22-44(39-46)61(53-29-11-8-24-49(53)50-25-9-12-30-54(50)61)45-34-35-52-51-26-10-13-31-55(51)64(58(52)40-45)59-38-43(36-37-62-59)60-47(41-18-4-2-5-19-41)27-17-28-48(60)42-20-6-3-7-21-42/h2-40H,1H3/i1D3. The molecule has 5 nitrogen and oxygen atoms in total. The second-order valence-corrected chi connectivity index (χ2v) is 17.0. The average molecular weight is 850 g/mol. The molecular weight excluding hydrogens is 805 g/mol. The minimum absolute atomic E-state index is 0.477. The Kier molecular flexibility index (Phi) is 7.96. The number of aromatic nitrogens is 2. The molecule has 0 unspecified atom stereocenters. The van der Waals surface area contributed by atoms with E-state index in [1.54, 1.807) is 11.1 Å². The summed E-state index contributed by atoms with van der Waals surface area (Å²) >= 11 is 0. The third-order valence-electron chi connectivity index (χ3n) is 13.6. The predicted octanol–water partition coefficient (Wildman–Crippen LogP) is 15.0. The summed E-state index contributed by atoms with van der Waals surface area (Å²) in [5.41, 5.74) is 16.6. The molecule has 0 saturated carbocycles. The van der Waals surface area contributed by atoms with Crippen LogP contribution in [0, 0.1) is 0 Å². The molecule has 0 N–H and O–H groups in total. The van der Waals surface area contributed by atoms with Gasteiger partial charge in [-0.25, -0.2) is 10.0 Å². The van der Waals surface area contributed by atoms with E-state index >= 15 is 0 Å². The minimum Gasteiger partial charge on any atom is -0.294 e. The Hall–Kier alpha value is -8.51. The molecule has 3 heterocycles. The molecule has 0 fully saturated rings. The number of fused-ring (bicyclic) bond motifs is 7. The summed E-state index contributed by atoms with van der Waals surface area (Å²) in [5.74, 6) is 0.810. The molecule has 1 aliphatic carbocycles. The number of hydrogen-bond acceptors (Lipinski definition) is 4. The summed E-state index contributed by atoms with van der Waals surface area (Å²) in [5, 5.41) is 4.90. The fraction of sp³-hybridized carbons (Fsp3) is 0.0328. The van der Waals surface area contributed by atoms with Crippen molar-refractivity contribution >= 4 is 38.9 Å². The van der Waals surface area contributed by atoms with E-state index in [1.807, 2.05) is 36.5 Å². The van der Waals surface area contributed by atoms with Crippen LogP contribution in [0.1, 0.15) is 26.4 Å². The molecule has 0 radical (unpaired) electrons. The van der Waals surface area contributed by atoms with Gasteiger partial charge in [0.2, 0.25) is 0 Å². The molecule has 9 aromatic carbocycles. The van der Waals surface area contributed by atoms with E-state index < -0.39 is 12.4 Å². The number of hydrogen-bond donors (Lipinski definition) is 0. The van der Waals surface area contributed by atoms with Crippen LogP contribution in [-0.2, 0) is 10.4 Å². The van der Waals surface area contributed by atoms with Gasteiger partial charge < -0.3 is 0 Å². The van der Waals surface area contributed by atoms with E-state index in [2.05, 4.69) is 199 Å². The lowest BCUT2D eigenvalue weighted by Crippen LogP contribution is -2.29. The van der Waals surface area contributed by atoms with Crippen LogP contribution in [0.5, 0.6) is 0 Å². The average Bonchev–Trinajstić information content (AvgIpc) is 4.06. The van der Waals surface area contributed by atoms with E-state index in [0.29, 0.717) is 17.1 Å². The molecule has 0 amide bonds. The highest BCUT2D eigenvalue weighted by Crippen LogP contribution is 2.57. The van der Waals surface area contributed by atoms with Crippen molar-refractivity contribution in [3.8, 4) is 50.3 Å². The van der Waals surface area contributed by atoms with Gasteiger partial charge in [-0.2, -0.15) is 5.06 Å². The first-order chi connectivity index (χ1) is 33.9. The topological polar surface area (TPSA) is 33.5 Å². The molecule has 2 aliphatic rings. The Labute approximate surface area is 387 Å². The highest BCUT2D eigenvalue weighted by atomic mass is 16.8. The lowest BCUT2D eigenvalue weighted by molar-refractivity contribution is 0.142. The summed E-state index contributed by atoms with van der Waals surface area (Å²) in [6.07, 6.45) is 1.94. The van der Waals surface area contributed by atoms with Crippen molar-refractivity contribution < 1.29 is 9.05 Å². The summed E-state index contributed by atoms with van der Waals surface area (Å²) in [6, 6.07) is 80.8. The summed E-state index contributed by atoms with van der Waals surface area (Å²) in [4.78, 5) is 11.4. The van der Waals surface area contributed by atoms with Crippen molar-refractivity contribution in [3.05, 3.63) is 259 Å².